The number of carboxylic acid groups (broad SMARTS) is 1. The summed E-state index contributed by atoms with van der Waals surface area (Å²) in [6.45, 7) is 1.62. The smallest absolute Gasteiger partial charge is 0.328 e. The van der Waals surface area contributed by atoms with Crippen molar-refractivity contribution < 1.29 is 14.8 Å². The van der Waals surface area contributed by atoms with Gasteiger partial charge in [0.05, 0.1) is 4.92 Å². The predicted molar refractivity (Wildman–Crippen MR) is 62.2 cm³/mol. The average molecular weight is 286 g/mol. The van der Waals surface area contributed by atoms with Crippen LogP contribution in [0.2, 0.25) is 0 Å². The molecule has 5 nitrogen and oxygen atoms in total. The number of hydrogen-bond acceptors (Lipinski definition) is 3. The van der Waals surface area contributed by atoms with E-state index < -0.39 is 10.9 Å². The van der Waals surface area contributed by atoms with Crippen molar-refractivity contribution in [2.75, 3.05) is 0 Å². The quantitative estimate of drug-likeness (QED) is 0.526. The first kappa shape index (κ1) is 12.4. The molecule has 0 atom stereocenters. The van der Waals surface area contributed by atoms with Crippen LogP contribution in [0.3, 0.4) is 0 Å². The fourth-order valence-corrected chi connectivity index (χ4v) is 1.91. The number of hydrogen-bond donors (Lipinski definition) is 1. The third-order valence-electron chi connectivity index (χ3n) is 1.94. The van der Waals surface area contributed by atoms with Gasteiger partial charge < -0.3 is 5.11 Å². The number of nitro groups is 1. The highest BCUT2D eigenvalue weighted by atomic mass is 79.9. The summed E-state index contributed by atoms with van der Waals surface area (Å²) in [5.74, 6) is -1.10. The van der Waals surface area contributed by atoms with Crippen LogP contribution in [0.25, 0.3) is 6.08 Å². The van der Waals surface area contributed by atoms with Gasteiger partial charge in [-0.1, -0.05) is 12.1 Å². The van der Waals surface area contributed by atoms with E-state index in [0.29, 0.717) is 11.1 Å². The van der Waals surface area contributed by atoms with E-state index in [1.165, 1.54) is 6.08 Å². The van der Waals surface area contributed by atoms with Crippen molar-refractivity contribution in [3.63, 3.8) is 0 Å². The molecule has 0 saturated heterocycles. The number of nitrogens with zero attached hydrogens (tertiary/aromatic N) is 1. The average Bonchev–Trinajstić information content (AvgIpc) is 2.15. The summed E-state index contributed by atoms with van der Waals surface area (Å²) >= 11 is 3.10. The van der Waals surface area contributed by atoms with E-state index >= 15 is 0 Å². The van der Waals surface area contributed by atoms with E-state index in [2.05, 4.69) is 15.9 Å². The topological polar surface area (TPSA) is 80.4 Å². The minimum Gasteiger partial charge on any atom is -0.478 e. The SMILES string of the molecule is Cc1ccc(/C=C/C(=O)O)c(Br)c1[N+](=O)[O-]. The summed E-state index contributed by atoms with van der Waals surface area (Å²) in [5, 5.41) is 19.2. The standard InChI is InChI=1S/C10H8BrNO4/c1-6-2-3-7(4-5-8(13)14)9(11)10(6)12(15)16/h2-5H,1H3,(H,13,14)/b5-4+. The Balaban J connectivity index is 3.29. The van der Waals surface area contributed by atoms with Gasteiger partial charge >= 0.3 is 5.97 Å². The molecule has 6 heteroatoms. The molecular formula is C10H8BrNO4. The zero-order valence-corrected chi connectivity index (χ0v) is 9.89. The summed E-state index contributed by atoms with van der Waals surface area (Å²) in [5.41, 5.74) is 0.927. The Morgan fingerprint density at radius 1 is 1.56 bits per heavy atom. The van der Waals surface area contributed by atoms with Crippen molar-refractivity contribution in [1.82, 2.24) is 0 Å². The molecule has 1 aromatic rings. The zero-order valence-electron chi connectivity index (χ0n) is 8.31. The second-order valence-electron chi connectivity index (χ2n) is 3.06. The van der Waals surface area contributed by atoms with Crippen LogP contribution in [0.4, 0.5) is 5.69 Å². The van der Waals surface area contributed by atoms with E-state index in [1.54, 1.807) is 19.1 Å². The van der Waals surface area contributed by atoms with Crippen molar-refractivity contribution in [3.05, 3.63) is 43.9 Å². The summed E-state index contributed by atoms with van der Waals surface area (Å²) in [6, 6.07) is 3.19. The second-order valence-corrected chi connectivity index (χ2v) is 3.86. The molecular weight excluding hydrogens is 278 g/mol. The predicted octanol–water partition coefficient (Wildman–Crippen LogP) is 2.76. The van der Waals surface area contributed by atoms with Crippen molar-refractivity contribution in [2.45, 2.75) is 6.92 Å². The lowest BCUT2D eigenvalue weighted by atomic mass is 10.1. The number of aliphatic carboxylic acids is 1. The lowest BCUT2D eigenvalue weighted by Gasteiger charge is -2.02. The number of carboxylic acids is 1. The first-order valence-corrected chi connectivity index (χ1v) is 5.07. The van der Waals surface area contributed by atoms with E-state index in [-0.39, 0.29) is 10.2 Å². The van der Waals surface area contributed by atoms with E-state index in [4.69, 9.17) is 5.11 Å². The van der Waals surface area contributed by atoms with Crippen molar-refractivity contribution >= 4 is 33.7 Å². The molecule has 1 aromatic carbocycles. The normalized spacial score (nSPS) is 10.6. The Bertz CT molecular complexity index is 482. The van der Waals surface area contributed by atoms with E-state index in [0.717, 1.165) is 6.08 Å². The highest BCUT2D eigenvalue weighted by Gasteiger charge is 2.17. The van der Waals surface area contributed by atoms with Gasteiger partial charge in [0.2, 0.25) is 0 Å². The lowest BCUT2D eigenvalue weighted by Crippen LogP contribution is -1.95. The van der Waals surface area contributed by atoms with Crippen LogP contribution in [0.1, 0.15) is 11.1 Å². The minimum atomic E-state index is -1.10. The van der Waals surface area contributed by atoms with Gasteiger partial charge in [0.1, 0.15) is 4.47 Å². The maximum atomic E-state index is 10.8. The Labute approximate surface area is 99.7 Å². The number of benzene rings is 1. The van der Waals surface area contributed by atoms with Crippen LogP contribution in [0.15, 0.2) is 22.7 Å². The van der Waals surface area contributed by atoms with Gasteiger partial charge in [0, 0.05) is 11.6 Å². The first-order chi connectivity index (χ1) is 7.43. The molecule has 1 rings (SSSR count). The summed E-state index contributed by atoms with van der Waals surface area (Å²) < 4.78 is 0.287. The number of nitro benzene ring substituents is 1. The number of rotatable bonds is 3. The molecule has 0 amide bonds. The van der Waals surface area contributed by atoms with E-state index in [9.17, 15) is 14.9 Å². The zero-order chi connectivity index (χ0) is 12.3. The first-order valence-electron chi connectivity index (χ1n) is 4.28. The molecule has 84 valence electrons. The van der Waals surface area contributed by atoms with Gasteiger partial charge in [-0.05, 0) is 34.5 Å². The molecule has 0 unspecified atom stereocenters. The van der Waals surface area contributed by atoms with Gasteiger partial charge in [-0.2, -0.15) is 0 Å². The van der Waals surface area contributed by atoms with Crippen LogP contribution < -0.4 is 0 Å². The third-order valence-corrected chi connectivity index (χ3v) is 2.77. The van der Waals surface area contributed by atoms with Crippen LogP contribution in [-0.2, 0) is 4.79 Å². The van der Waals surface area contributed by atoms with Gasteiger partial charge in [-0.15, -0.1) is 0 Å². The Morgan fingerprint density at radius 3 is 2.69 bits per heavy atom. The van der Waals surface area contributed by atoms with Gasteiger partial charge in [-0.25, -0.2) is 4.79 Å². The fraction of sp³-hybridized carbons (Fsp3) is 0.100. The molecule has 0 aliphatic heterocycles. The van der Waals surface area contributed by atoms with Gasteiger partial charge in [0.25, 0.3) is 5.69 Å². The Hall–Kier alpha value is -1.69. The molecule has 0 bridgehead atoms. The fourth-order valence-electron chi connectivity index (χ4n) is 1.19. The maximum Gasteiger partial charge on any atom is 0.328 e. The third kappa shape index (κ3) is 2.66. The Kier molecular flexibility index (Phi) is 3.78. The van der Waals surface area contributed by atoms with Crippen molar-refractivity contribution in [1.29, 1.82) is 0 Å². The summed E-state index contributed by atoms with van der Waals surface area (Å²) in [7, 11) is 0. The minimum absolute atomic E-state index is 0.0486. The molecule has 1 N–H and O–H groups in total. The van der Waals surface area contributed by atoms with Crippen LogP contribution in [0.5, 0.6) is 0 Å². The number of halogens is 1. The molecule has 0 aromatic heterocycles. The summed E-state index contributed by atoms with van der Waals surface area (Å²) in [6.07, 6.45) is 2.23. The Morgan fingerprint density at radius 2 is 2.19 bits per heavy atom. The molecule has 0 aliphatic rings. The maximum absolute atomic E-state index is 10.8. The molecule has 16 heavy (non-hydrogen) atoms. The van der Waals surface area contributed by atoms with Crippen LogP contribution in [0, 0.1) is 17.0 Å². The number of aryl methyl sites for hydroxylation is 1. The van der Waals surface area contributed by atoms with Crippen molar-refractivity contribution in [3.8, 4) is 0 Å². The molecule has 0 spiro atoms. The molecule has 0 radical (unpaired) electrons. The highest BCUT2D eigenvalue weighted by Crippen LogP contribution is 2.32. The molecule has 0 aliphatic carbocycles. The van der Waals surface area contributed by atoms with Crippen molar-refractivity contribution in [2.24, 2.45) is 0 Å². The van der Waals surface area contributed by atoms with Gasteiger partial charge in [0.15, 0.2) is 0 Å². The van der Waals surface area contributed by atoms with Gasteiger partial charge in [-0.3, -0.25) is 10.1 Å². The largest absolute Gasteiger partial charge is 0.478 e. The number of carbonyl (C=O) groups is 1. The molecule has 0 saturated carbocycles. The van der Waals surface area contributed by atoms with E-state index in [1.807, 2.05) is 0 Å². The second kappa shape index (κ2) is 4.89. The molecule has 0 fully saturated rings. The molecule has 0 heterocycles. The lowest BCUT2D eigenvalue weighted by molar-refractivity contribution is -0.386. The monoisotopic (exact) mass is 285 g/mol. The summed E-state index contributed by atoms with van der Waals surface area (Å²) in [4.78, 5) is 20.6. The van der Waals surface area contributed by atoms with Crippen LogP contribution >= 0.6 is 15.9 Å². The van der Waals surface area contributed by atoms with Crippen LogP contribution in [-0.4, -0.2) is 16.0 Å². The highest BCUT2D eigenvalue weighted by molar-refractivity contribution is 9.10.